The second-order valence-corrected chi connectivity index (χ2v) is 10.6. The molecule has 0 atom stereocenters. The van der Waals surface area contributed by atoms with Crippen LogP contribution in [-0.4, -0.2) is 68.0 Å². The van der Waals surface area contributed by atoms with Crippen molar-refractivity contribution in [1.29, 1.82) is 0 Å². The standard InChI is InChI=1S/C24H32N4O4S/c1-19-24(20(2)32-25-19)33(30,31)28-17-15-27(16-18-28)23(29)12-9-21-7-10-22(11-8-21)26-13-5-3-4-6-14-26/h7-12H,3-6,13-18H2,1-2H3. The van der Waals surface area contributed by atoms with Crippen LogP contribution < -0.4 is 4.90 Å². The van der Waals surface area contributed by atoms with Crippen molar-refractivity contribution in [3.05, 3.63) is 47.4 Å². The highest BCUT2D eigenvalue weighted by molar-refractivity contribution is 7.89. The second kappa shape index (κ2) is 10.1. The molecule has 4 rings (SSSR count). The van der Waals surface area contributed by atoms with Gasteiger partial charge < -0.3 is 14.3 Å². The summed E-state index contributed by atoms with van der Waals surface area (Å²) in [5.41, 5.74) is 2.56. The van der Waals surface area contributed by atoms with Crippen LogP contribution in [0.1, 0.15) is 42.7 Å². The first-order chi connectivity index (χ1) is 15.9. The number of hydrogen-bond acceptors (Lipinski definition) is 6. The van der Waals surface area contributed by atoms with E-state index in [4.69, 9.17) is 4.52 Å². The normalized spacial score (nSPS) is 18.6. The molecule has 0 unspecified atom stereocenters. The Hall–Kier alpha value is -2.65. The summed E-state index contributed by atoms with van der Waals surface area (Å²) in [4.78, 5) is 16.9. The molecular weight excluding hydrogens is 440 g/mol. The summed E-state index contributed by atoms with van der Waals surface area (Å²) >= 11 is 0. The van der Waals surface area contributed by atoms with Gasteiger partial charge in [0.05, 0.1) is 0 Å². The smallest absolute Gasteiger partial charge is 0.248 e. The van der Waals surface area contributed by atoms with E-state index < -0.39 is 10.0 Å². The van der Waals surface area contributed by atoms with Gasteiger partial charge in [0, 0.05) is 51.0 Å². The molecule has 1 aromatic heterocycles. The van der Waals surface area contributed by atoms with Crippen molar-refractivity contribution in [1.82, 2.24) is 14.4 Å². The Bertz CT molecular complexity index is 1070. The lowest BCUT2D eigenvalue weighted by Gasteiger charge is -2.33. The Morgan fingerprint density at radius 3 is 2.15 bits per heavy atom. The Balaban J connectivity index is 1.32. The van der Waals surface area contributed by atoms with Gasteiger partial charge in [-0.15, -0.1) is 0 Å². The van der Waals surface area contributed by atoms with Crippen LogP contribution in [-0.2, 0) is 14.8 Å². The molecule has 2 aromatic rings. The zero-order chi connectivity index (χ0) is 23.4. The average molecular weight is 473 g/mol. The zero-order valence-corrected chi connectivity index (χ0v) is 20.2. The van der Waals surface area contributed by atoms with Gasteiger partial charge in [0.2, 0.25) is 15.9 Å². The number of carbonyl (C=O) groups is 1. The van der Waals surface area contributed by atoms with Crippen LogP contribution in [0.5, 0.6) is 0 Å². The first-order valence-electron chi connectivity index (χ1n) is 11.6. The minimum Gasteiger partial charge on any atom is -0.372 e. The highest BCUT2D eigenvalue weighted by Crippen LogP contribution is 2.24. The van der Waals surface area contributed by atoms with Crippen molar-refractivity contribution in [3.8, 4) is 0 Å². The molecule has 0 radical (unpaired) electrons. The molecule has 0 aliphatic carbocycles. The summed E-state index contributed by atoms with van der Waals surface area (Å²) in [7, 11) is -3.68. The number of rotatable bonds is 5. The van der Waals surface area contributed by atoms with E-state index in [2.05, 4.69) is 22.2 Å². The van der Waals surface area contributed by atoms with E-state index in [1.54, 1.807) is 24.8 Å². The van der Waals surface area contributed by atoms with E-state index in [0.29, 0.717) is 18.8 Å². The number of anilines is 1. The molecule has 0 spiro atoms. The van der Waals surface area contributed by atoms with Crippen LogP contribution >= 0.6 is 0 Å². The van der Waals surface area contributed by atoms with Crippen molar-refractivity contribution >= 4 is 27.7 Å². The number of benzene rings is 1. The summed E-state index contributed by atoms with van der Waals surface area (Å²) in [6.45, 7) is 6.61. The van der Waals surface area contributed by atoms with Crippen molar-refractivity contribution in [3.63, 3.8) is 0 Å². The van der Waals surface area contributed by atoms with E-state index in [1.807, 2.05) is 18.2 Å². The van der Waals surface area contributed by atoms with E-state index in [9.17, 15) is 13.2 Å². The van der Waals surface area contributed by atoms with E-state index in [0.717, 1.165) is 18.7 Å². The first kappa shape index (κ1) is 23.5. The number of carbonyl (C=O) groups excluding carboxylic acids is 1. The Kier molecular flexibility index (Phi) is 7.19. The highest BCUT2D eigenvalue weighted by atomic mass is 32.2. The maximum Gasteiger partial charge on any atom is 0.248 e. The topological polar surface area (TPSA) is 87.0 Å². The summed E-state index contributed by atoms with van der Waals surface area (Å²) in [6.07, 6.45) is 8.48. The predicted octanol–water partition coefficient (Wildman–Crippen LogP) is 3.22. The second-order valence-electron chi connectivity index (χ2n) is 8.71. The third-order valence-corrected chi connectivity index (χ3v) is 8.54. The van der Waals surface area contributed by atoms with Crippen LogP contribution in [0, 0.1) is 13.8 Å². The molecule has 178 valence electrons. The maximum absolute atomic E-state index is 12.9. The molecule has 1 amide bonds. The number of nitrogens with zero attached hydrogens (tertiary/aromatic N) is 4. The monoisotopic (exact) mass is 472 g/mol. The Morgan fingerprint density at radius 2 is 1.58 bits per heavy atom. The number of aromatic nitrogens is 1. The van der Waals surface area contributed by atoms with Crippen molar-refractivity contribution < 1.29 is 17.7 Å². The molecule has 2 fully saturated rings. The zero-order valence-electron chi connectivity index (χ0n) is 19.4. The number of hydrogen-bond donors (Lipinski definition) is 0. The molecule has 3 heterocycles. The summed E-state index contributed by atoms with van der Waals surface area (Å²) < 4.78 is 32.3. The Morgan fingerprint density at radius 1 is 0.939 bits per heavy atom. The number of aryl methyl sites for hydroxylation is 2. The SMILES string of the molecule is Cc1noc(C)c1S(=O)(=O)N1CCN(C(=O)C=Cc2ccc(N3CCCCCC3)cc2)CC1. The number of amides is 1. The van der Waals surface area contributed by atoms with Gasteiger partial charge in [0.1, 0.15) is 10.6 Å². The lowest BCUT2D eigenvalue weighted by Crippen LogP contribution is -2.50. The largest absolute Gasteiger partial charge is 0.372 e. The molecule has 9 heteroatoms. The van der Waals surface area contributed by atoms with Gasteiger partial charge in [-0.25, -0.2) is 8.42 Å². The highest BCUT2D eigenvalue weighted by Gasteiger charge is 2.33. The Labute approximate surface area is 195 Å². The fourth-order valence-electron chi connectivity index (χ4n) is 4.52. The van der Waals surface area contributed by atoms with Gasteiger partial charge in [-0.05, 0) is 50.5 Å². The number of piperazine rings is 1. The fraction of sp³-hybridized carbons (Fsp3) is 0.500. The van der Waals surface area contributed by atoms with Gasteiger partial charge >= 0.3 is 0 Å². The van der Waals surface area contributed by atoms with Gasteiger partial charge in [-0.2, -0.15) is 4.31 Å². The quantitative estimate of drug-likeness (QED) is 0.621. The summed E-state index contributed by atoms with van der Waals surface area (Å²) in [5, 5.41) is 3.75. The van der Waals surface area contributed by atoms with Crippen LogP contribution in [0.15, 0.2) is 39.8 Å². The molecule has 2 aliphatic rings. The third kappa shape index (κ3) is 5.30. The van der Waals surface area contributed by atoms with Crippen molar-refractivity contribution in [2.24, 2.45) is 0 Å². The van der Waals surface area contributed by atoms with Crippen LogP contribution in [0.2, 0.25) is 0 Å². The lowest BCUT2D eigenvalue weighted by molar-refractivity contribution is -0.127. The maximum atomic E-state index is 12.9. The van der Waals surface area contributed by atoms with E-state index in [-0.39, 0.29) is 29.7 Å². The minimum atomic E-state index is -3.68. The van der Waals surface area contributed by atoms with Gasteiger partial charge in [0.15, 0.2) is 5.76 Å². The van der Waals surface area contributed by atoms with Gasteiger partial charge in [-0.1, -0.05) is 30.1 Å². The molecule has 2 saturated heterocycles. The molecule has 1 aromatic carbocycles. The molecule has 8 nitrogen and oxygen atoms in total. The van der Waals surface area contributed by atoms with Crippen molar-refractivity contribution in [2.75, 3.05) is 44.2 Å². The third-order valence-electron chi connectivity index (χ3n) is 6.40. The van der Waals surface area contributed by atoms with Crippen LogP contribution in [0.3, 0.4) is 0 Å². The molecule has 2 aliphatic heterocycles. The van der Waals surface area contributed by atoms with Crippen molar-refractivity contribution in [2.45, 2.75) is 44.4 Å². The predicted molar refractivity (Wildman–Crippen MR) is 127 cm³/mol. The fourth-order valence-corrected chi connectivity index (χ4v) is 6.23. The van der Waals surface area contributed by atoms with Gasteiger partial charge in [-0.3, -0.25) is 4.79 Å². The first-order valence-corrected chi connectivity index (χ1v) is 13.1. The summed E-state index contributed by atoms with van der Waals surface area (Å²) in [5.74, 6) is 0.178. The van der Waals surface area contributed by atoms with Crippen LogP contribution in [0.25, 0.3) is 6.08 Å². The van der Waals surface area contributed by atoms with Crippen LogP contribution in [0.4, 0.5) is 5.69 Å². The molecule has 0 N–H and O–H groups in total. The van der Waals surface area contributed by atoms with E-state index >= 15 is 0 Å². The molecular formula is C24H32N4O4S. The molecule has 0 bridgehead atoms. The average Bonchev–Trinajstić information content (AvgIpc) is 3.01. The molecule has 33 heavy (non-hydrogen) atoms. The van der Waals surface area contributed by atoms with Gasteiger partial charge in [0.25, 0.3) is 0 Å². The summed E-state index contributed by atoms with van der Waals surface area (Å²) in [6, 6.07) is 8.32. The minimum absolute atomic E-state index is 0.110. The lowest BCUT2D eigenvalue weighted by atomic mass is 10.1. The van der Waals surface area contributed by atoms with E-state index in [1.165, 1.54) is 35.7 Å². The molecule has 0 saturated carbocycles. The number of sulfonamides is 1.